The van der Waals surface area contributed by atoms with Crippen LogP contribution < -0.4 is 16.6 Å². The van der Waals surface area contributed by atoms with Gasteiger partial charge in [-0.05, 0) is 61.2 Å². The maximum atomic E-state index is 12.7. The van der Waals surface area contributed by atoms with Crippen LogP contribution in [0.4, 0.5) is 5.69 Å². The van der Waals surface area contributed by atoms with Crippen molar-refractivity contribution in [3.63, 3.8) is 0 Å². The highest BCUT2D eigenvalue weighted by atomic mass is 35.5. The Kier molecular flexibility index (Phi) is 5.49. The molecular formula is C23H19ClN4O3. The SMILES string of the molecule is Cc1cc(NC(=O)c2ccc(Cn3c(=O)c(C#N)c4n(c3=O)CCC4)cc2)ccc1Cl. The number of carbonyl (C=O) groups is 1. The van der Waals surface area contributed by atoms with Crippen LogP contribution in [0.15, 0.2) is 52.1 Å². The Labute approximate surface area is 183 Å². The maximum absolute atomic E-state index is 12.7. The van der Waals surface area contributed by atoms with Gasteiger partial charge in [0, 0.05) is 28.5 Å². The number of nitrogens with zero attached hydrogens (tertiary/aromatic N) is 3. The van der Waals surface area contributed by atoms with E-state index in [2.05, 4.69) is 5.32 Å². The first kappa shape index (κ1) is 20.6. The number of halogens is 1. The average Bonchev–Trinajstić information content (AvgIpc) is 3.24. The van der Waals surface area contributed by atoms with Crippen LogP contribution in [0.25, 0.3) is 0 Å². The lowest BCUT2D eigenvalue weighted by molar-refractivity contribution is 0.102. The van der Waals surface area contributed by atoms with E-state index in [4.69, 9.17) is 11.6 Å². The third-order valence-corrected chi connectivity index (χ3v) is 5.84. The van der Waals surface area contributed by atoms with E-state index in [0.717, 1.165) is 16.6 Å². The van der Waals surface area contributed by atoms with Crippen LogP contribution >= 0.6 is 11.6 Å². The van der Waals surface area contributed by atoms with E-state index < -0.39 is 11.2 Å². The first-order valence-electron chi connectivity index (χ1n) is 9.82. The number of hydrogen-bond donors (Lipinski definition) is 1. The van der Waals surface area contributed by atoms with Crippen LogP contribution in [0.5, 0.6) is 0 Å². The predicted octanol–water partition coefficient (Wildman–Crippen LogP) is 3.09. The summed E-state index contributed by atoms with van der Waals surface area (Å²) < 4.78 is 2.59. The van der Waals surface area contributed by atoms with Crippen molar-refractivity contribution in [1.82, 2.24) is 9.13 Å². The van der Waals surface area contributed by atoms with E-state index in [9.17, 15) is 19.6 Å². The predicted molar refractivity (Wildman–Crippen MR) is 118 cm³/mol. The number of aryl methyl sites for hydroxylation is 1. The van der Waals surface area contributed by atoms with Gasteiger partial charge in [-0.1, -0.05) is 23.7 Å². The van der Waals surface area contributed by atoms with Crippen molar-refractivity contribution in [3.8, 4) is 6.07 Å². The lowest BCUT2D eigenvalue weighted by atomic mass is 10.1. The molecule has 8 heteroatoms. The molecule has 1 amide bonds. The standard InChI is InChI=1S/C23H19ClN4O3/c1-14-11-17(8-9-19(14)24)26-21(29)16-6-4-15(5-7-16)13-28-22(30)18(12-25)20-3-2-10-27(20)23(28)31/h4-9,11H,2-3,10,13H2,1H3,(H,26,29). The highest BCUT2D eigenvalue weighted by Gasteiger charge is 2.22. The lowest BCUT2D eigenvalue weighted by Crippen LogP contribution is -2.41. The minimum Gasteiger partial charge on any atom is -0.322 e. The Bertz CT molecular complexity index is 1350. The largest absolute Gasteiger partial charge is 0.331 e. The summed E-state index contributed by atoms with van der Waals surface area (Å²) in [4.78, 5) is 37.9. The third-order valence-electron chi connectivity index (χ3n) is 5.41. The highest BCUT2D eigenvalue weighted by Crippen LogP contribution is 2.20. The molecule has 2 aromatic carbocycles. The van der Waals surface area contributed by atoms with Crippen molar-refractivity contribution in [2.45, 2.75) is 32.9 Å². The summed E-state index contributed by atoms with van der Waals surface area (Å²) >= 11 is 6.01. The van der Waals surface area contributed by atoms with Crippen LogP contribution in [-0.4, -0.2) is 15.0 Å². The van der Waals surface area contributed by atoms with Gasteiger partial charge in [-0.25, -0.2) is 4.79 Å². The Balaban J connectivity index is 1.56. The average molecular weight is 435 g/mol. The smallest absolute Gasteiger partial charge is 0.322 e. The molecule has 0 radical (unpaired) electrons. The van der Waals surface area contributed by atoms with E-state index in [-0.39, 0.29) is 18.0 Å². The van der Waals surface area contributed by atoms with Crippen molar-refractivity contribution in [2.75, 3.05) is 5.32 Å². The monoisotopic (exact) mass is 434 g/mol. The minimum absolute atomic E-state index is 0.0326. The summed E-state index contributed by atoms with van der Waals surface area (Å²) in [5, 5.41) is 12.8. The zero-order chi connectivity index (χ0) is 22.1. The van der Waals surface area contributed by atoms with Gasteiger partial charge in [-0.15, -0.1) is 0 Å². The summed E-state index contributed by atoms with van der Waals surface area (Å²) in [6.07, 6.45) is 1.30. The van der Waals surface area contributed by atoms with E-state index in [1.165, 1.54) is 4.57 Å². The number of carbonyl (C=O) groups excluding carboxylic acids is 1. The highest BCUT2D eigenvalue weighted by molar-refractivity contribution is 6.31. The minimum atomic E-state index is -0.569. The van der Waals surface area contributed by atoms with Crippen LogP contribution in [0.2, 0.25) is 5.02 Å². The molecule has 3 aromatic rings. The second-order valence-corrected chi connectivity index (χ2v) is 7.88. The van der Waals surface area contributed by atoms with E-state index >= 15 is 0 Å². The summed E-state index contributed by atoms with van der Waals surface area (Å²) in [6.45, 7) is 2.39. The molecule has 0 saturated heterocycles. The summed E-state index contributed by atoms with van der Waals surface area (Å²) in [5.41, 5.74) is 2.20. The number of anilines is 1. The molecule has 31 heavy (non-hydrogen) atoms. The second-order valence-electron chi connectivity index (χ2n) is 7.48. The van der Waals surface area contributed by atoms with E-state index in [1.807, 2.05) is 13.0 Å². The number of nitriles is 1. The van der Waals surface area contributed by atoms with Gasteiger partial charge in [-0.3, -0.25) is 18.7 Å². The molecule has 0 aliphatic carbocycles. The zero-order valence-electron chi connectivity index (χ0n) is 16.8. The van der Waals surface area contributed by atoms with Crippen molar-refractivity contribution in [3.05, 3.63) is 96.3 Å². The number of aromatic nitrogens is 2. The molecule has 0 unspecified atom stereocenters. The van der Waals surface area contributed by atoms with Crippen molar-refractivity contribution in [2.24, 2.45) is 0 Å². The Morgan fingerprint density at radius 1 is 1.19 bits per heavy atom. The number of fused-ring (bicyclic) bond motifs is 1. The van der Waals surface area contributed by atoms with Gasteiger partial charge in [0.15, 0.2) is 0 Å². The molecule has 2 heterocycles. The fraction of sp³-hybridized carbons (Fsp3) is 0.217. The van der Waals surface area contributed by atoms with Crippen LogP contribution in [0.1, 0.15) is 39.2 Å². The van der Waals surface area contributed by atoms with Crippen molar-refractivity contribution >= 4 is 23.2 Å². The van der Waals surface area contributed by atoms with E-state index in [1.54, 1.807) is 42.5 Å². The van der Waals surface area contributed by atoms with Crippen LogP contribution in [-0.2, 0) is 19.5 Å². The molecule has 0 fully saturated rings. The molecule has 4 rings (SSSR count). The molecule has 0 spiro atoms. The molecule has 7 nitrogen and oxygen atoms in total. The van der Waals surface area contributed by atoms with Gasteiger partial charge in [-0.2, -0.15) is 5.26 Å². The molecule has 1 aliphatic rings. The van der Waals surface area contributed by atoms with Crippen molar-refractivity contribution in [1.29, 1.82) is 5.26 Å². The lowest BCUT2D eigenvalue weighted by Gasteiger charge is -2.11. The van der Waals surface area contributed by atoms with Gasteiger partial charge >= 0.3 is 5.69 Å². The van der Waals surface area contributed by atoms with Gasteiger partial charge < -0.3 is 5.32 Å². The summed E-state index contributed by atoms with van der Waals surface area (Å²) in [7, 11) is 0. The van der Waals surface area contributed by atoms with Gasteiger partial charge in [0.2, 0.25) is 0 Å². The number of amides is 1. The molecule has 0 saturated carbocycles. The quantitative estimate of drug-likeness (QED) is 0.682. The Morgan fingerprint density at radius 2 is 1.94 bits per heavy atom. The first-order chi connectivity index (χ1) is 14.9. The fourth-order valence-corrected chi connectivity index (χ4v) is 3.88. The molecule has 1 N–H and O–H groups in total. The van der Waals surface area contributed by atoms with Crippen molar-refractivity contribution < 1.29 is 4.79 Å². The number of benzene rings is 2. The fourth-order valence-electron chi connectivity index (χ4n) is 3.76. The second kappa shape index (κ2) is 8.25. The topological polar surface area (TPSA) is 96.9 Å². The molecule has 0 atom stereocenters. The normalized spacial score (nSPS) is 12.3. The first-order valence-corrected chi connectivity index (χ1v) is 10.2. The van der Waals surface area contributed by atoms with E-state index in [0.29, 0.717) is 40.5 Å². The van der Waals surface area contributed by atoms with Gasteiger partial charge in [0.25, 0.3) is 11.5 Å². The number of rotatable bonds is 4. The van der Waals surface area contributed by atoms with Gasteiger partial charge in [0.05, 0.1) is 6.54 Å². The summed E-state index contributed by atoms with van der Waals surface area (Å²) in [6, 6.07) is 13.8. The molecule has 0 bridgehead atoms. The Morgan fingerprint density at radius 3 is 2.61 bits per heavy atom. The van der Waals surface area contributed by atoms with Gasteiger partial charge in [0.1, 0.15) is 11.6 Å². The number of hydrogen-bond acceptors (Lipinski definition) is 4. The molecular weight excluding hydrogens is 416 g/mol. The molecule has 1 aliphatic heterocycles. The molecule has 156 valence electrons. The van der Waals surface area contributed by atoms with Crippen LogP contribution in [0.3, 0.4) is 0 Å². The molecule has 1 aromatic heterocycles. The summed E-state index contributed by atoms with van der Waals surface area (Å²) in [5.74, 6) is -0.283. The third kappa shape index (κ3) is 3.90. The number of nitrogens with one attached hydrogen (secondary N) is 1. The zero-order valence-corrected chi connectivity index (χ0v) is 17.6. The Hall–Kier alpha value is -3.63. The van der Waals surface area contributed by atoms with Crippen LogP contribution in [0, 0.1) is 18.3 Å². The maximum Gasteiger partial charge on any atom is 0.331 e.